The van der Waals surface area contributed by atoms with Gasteiger partial charge in [-0.1, -0.05) is 73.5 Å². The molecule has 4 aromatic rings. The molecule has 4 fully saturated rings. The molecule has 524 valence electrons. The third-order valence-electron chi connectivity index (χ3n) is 24.1. The number of nitrogens with zero attached hydrogens (tertiary/aromatic N) is 3. The van der Waals surface area contributed by atoms with Crippen LogP contribution >= 0.6 is 46.7 Å². The van der Waals surface area contributed by atoms with Crippen molar-refractivity contribution in [3.63, 3.8) is 0 Å². The summed E-state index contributed by atoms with van der Waals surface area (Å²) in [5.74, 6) is 11.1. The largest absolute Gasteiger partial charge is 0.490 e. The third-order valence-corrected chi connectivity index (χ3v) is 32.2. The molecule has 4 bridgehead atoms. The van der Waals surface area contributed by atoms with Crippen molar-refractivity contribution in [3.8, 4) is 11.5 Å². The summed E-state index contributed by atoms with van der Waals surface area (Å²) >= 11 is 16.7. The first-order valence-corrected chi connectivity index (χ1v) is 42.1. The molecule has 0 radical (unpaired) electrons. The fourth-order valence-corrected chi connectivity index (χ4v) is 24.2. The number of thioether (sulfide) groups is 2. The van der Waals surface area contributed by atoms with Gasteiger partial charge in [-0.25, -0.2) is 8.42 Å². The van der Waals surface area contributed by atoms with Gasteiger partial charge in [-0.2, -0.15) is 0 Å². The zero-order valence-corrected chi connectivity index (χ0v) is 61.7. The molecule has 2 spiro atoms. The van der Waals surface area contributed by atoms with Gasteiger partial charge < -0.3 is 34.4 Å². The summed E-state index contributed by atoms with van der Waals surface area (Å²) < 4.78 is 46.8. The number of nitrogens with one attached hydrogen (secondary N) is 2. The van der Waals surface area contributed by atoms with E-state index in [9.17, 15) is 33.0 Å². The SMILES string of the molecule is C=S1(=O)NC(=O)c2ccc3c(c2)N(C[C@@H]2CC[C@H]2[C@@](O)(C2SCCCS2)/C=C/C[C@H](C)[C@H]1C)C[C@@]1(CCCc2cc(Cl)ccc21)CO3.C=S1(=O)NC(=O)c2ccc3c(c2)N(C[C@@H]2CC[C@H]2[C@@](O)(CC(=O)N2CCCCC2)/C=C/C[C@H](C)[C@H]1C)C[C@@]1(CCCc2cc(Cl)ccc21)CO3. The highest BCUT2D eigenvalue weighted by molar-refractivity contribution is 8.17. The Morgan fingerprint density at radius 3 is 1.60 bits per heavy atom. The van der Waals surface area contributed by atoms with Crippen molar-refractivity contribution in [1.82, 2.24) is 14.3 Å². The number of halogens is 2. The smallest absolute Gasteiger partial charge is 0.262 e. The summed E-state index contributed by atoms with van der Waals surface area (Å²) in [6, 6.07) is 23.5. The van der Waals surface area contributed by atoms with Crippen LogP contribution in [0.2, 0.25) is 10.0 Å². The minimum absolute atomic E-state index is 0.00191. The van der Waals surface area contributed by atoms with Crippen molar-refractivity contribution in [1.29, 1.82) is 0 Å². The van der Waals surface area contributed by atoms with Crippen molar-refractivity contribution < 1.29 is 42.5 Å². The van der Waals surface area contributed by atoms with Gasteiger partial charge in [-0.15, -0.1) is 23.5 Å². The molecular weight excluding hydrogens is 1340 g/mol. The van der Waals surface area contributed by atoms with E-state index in [0.29, 0.717) is 56.0 Å². The van der Waals surface area contributed by atoms with E-state index in [-0.39, 0.29) is 74.4 Å². The number of fused-ring (bicyclic) bond motifs is 8. The molecule has 0 aromatic heterocycles. The number of amides is 3. The molecule has 4 N–H and O–H groups in total. The highest BCUT2D eigenvalue weighted by atomic mass is 35.5. The molecule has 14 rings (SSSR count). The first kappa shape index (κ1) is 70.6. The van der Waals surface area contributed by atoms with Gasteiger partial charge in [-0.3, -0.25) is 23.8 Å². The number of piperidine rings is 1. The van der Waals surface area contributed by atoms with Crippen molar-refractivity contribution >= 4 is 107 Å². The Morgan fingerprint density at radius 2 is 1.11 bits per heavy atom. The average molecular weight is 1440 g/mol. The lowest BCUT2D eigenvalue weighted by molar-refractivity contribution is -0.140. The summed E-state index contributed by atoms with van der Waals surface area (Å²) in [6.45, 7) is 13.1. The van der Waals surface area contributed by atoms with Gasteiger partial charge in [0, 0.05) is 81.8 Å². The maximum atomic E-state index is 13.9. The Balaban J connectivity index is 0.000000175. The van der Waals surface area contributed by atoms with Gasteiger partial charge in [0.2, 0.25) is 5.91 Å². The molecule has 2 saturated heterocycles. The second-order valence-electron chi connectivity index (χ2n) is 30.3. The Hall–Kier alpha value is -4.79. The van der Waals surface area contributed by atoms with Crippen LogP contribution in [0.5, 0.6) is 11.5 Å². The van der Waals surface area contributed by atoms with E-state index in [2.05, 4.69) is 74.3 Å². The van der Waals surface area contributed by atoms with E-state index in [1.54, 1.807) is 12.1 Å². The lowest BCUT2D eigenvalue weighted by atomic mass is 9.63. The van der Waals surface area contributed by atoms with Gasteiger partial charge in [0.05, 0.1) is 60.6 Å². The number of aliphatic hydroxyl groups is 2. The fourth-order valence-electron chi connectivity index (χ4n) is 17.6. The molecule has 14 nitrogen and oxygen atoms in total. The van der Waals surface area contributed by atoms with E-state index in [0.717, 1.165) is 148 Å². The second kappa shape index (κ2) is 28.6. The van der Waals surface area contributed by atoms with Crippen LogP contribution in [0.4, 0.5) is 11.4 Å². The number of carbonyl (C=O) groups is 3. The Kier molecular flexibility index (Phi) is 20.8. The molecule has 4 aliphatic carbocycles. The summed E-state index contributed by atoms with van der Waals surface area (Å²) in [6.07, 6.45) is 23.3. The van der Waals surface area contributed by atoms with Gasteiger partial charge in [0.15, 0.2) is 0 Å². The molecule has 4 aromatic carbocycles. The second-order valence-corrected chi connectivity index (χ2v) is 38.7. The van der Waals surface area contributed by atoms with Crippen LogP contribution in [0.1, 0.15) is 167 Å². The number of rotatable bonds is 3. The Bertz CT molecular complexity index is 3930. The maximum absolute atomic E-state index is 13.9. The fraction of sp³-hybridized carbons (Fsp3) is 0.571. The first-order valence-electron chi connectivity index (χ1n) is 35.7. The molecule has 2 saturated carbocycles. The minimum atomic E-state index is -3.02. The number of likely N-dealkylation sites (tertiary alicyclic amines) is 1. The number of aryl methyl sites for hydroxylation is 2. The van der Waals surface area contributed by atoms with E-state index < -0.39 is 41.8 Å². The average Bonchev–Trinajstić information content (AvgIpc) is 1.75. The summed E-state index contributed by atoms with van der Waals surface area (Å²) in [7, 11) is -5.97. The normalized spacial score (nSPS) is 36.0. The summed E-state index contributed by atoms with van der Waals surface area (Å²) in [5, 5.41) is 26.0. The van der Waals surface area contributed by atoms with Gasteiger partial charge in [0.25, 0.3) is 11.8 Å². The number of benzene rings is 4. The number of hydrogen-bond donors (Lipinski definition) is 4. The molecule has 6 heterocycles. The van der Waals surface area contributed by atoms with Crippen LogP contribution in [0.25, 0.3) is 0 Å². The first-order chi connectivity index (χ1) is 46.4. The molecule has 6 aliphatic heterocycles. The van der Waals surface area contributed by atoms with E-state index >= 15 is 0 Å². The third kappa shape index (κ3) is 14.4. The number of carbonyl (C=O) groups excluding carboxylic acids is 3. The molecule has 2 unspecified atom stereocenters. The van der Waals surface area contributed by atoms with Gasteiger partial charge in [-0.05, 0) is 258 Å². The Morgan fingerprint density at radius 1 is 0.629 bits per heavy atom. The van der Waals surface area contributed by atoms with E-state index in [1.165, 1.54) is 28.7 Å². The predicted molar refractivity (Wildman–Crippen MR) is 401 cm³/mol. The number of allylic oxidation sites excluding steroid dienone is 2. The molecule has 10 aliphatic rings. The predicted octanol–water partition coefficient (Wildman–Crippen LogP) is 13.4. The topological polar surface area (TPSA) is 178 Å². The Labute approximate surface area is 594 Å². The van der Waals surface area contributed by atoms with Crippen LogP contribution in [-0.2, 0) is 47.9 Å². The molecule has 97 heavy (non-hydrogen) atoms. The number of hydrogen-bond acceptors (Lipinski definition) is 13. The monoisotopic (exact) mass is 1440 g/mol. The summed E-state index contributed by atoms with van der Waals surface area (Å²) in [5.41, 5.74) is 4.84. The number of ether oxygens (including phenoxy) is 2. The molecule has 20 heteroatoms. The van der Waals surface area contributed by atoms with E-state index in [1.807, 2.05) is 97.7 Å². The van der Waals surface area contributed by atoms with Crippen LogP contribution in [0, 0.1) is 35.5 Å². The van der Waals surface area contributed by atoms with Crippen molar-refractivity contribution in [2.45, 2.75) is 174 Å². The molecular formula is C77H99Cl2N5O9S4. The highest BCUT2D eigenvalue weighted by Gasteiger charge is 2.53. The van der Waals surface area contributed by atoms with Crippen molar-refractivity contribution in [2.75, 3.05) is 73.8 Å². The van der Waals surface area contributed by atoms with Crippen LogP contribution in [0.15, 0.2) is 97.1 Å². The van der Waals surface area contributed by atoms with Crippen LogP contribution in [-0.4, -0.2) is 143 Å². The molecule has 14 atom stereocenters. The minimum Gasteiger partial charge on any atom is -0.490 e. The standard InChI is InChI=1S/C40H52ClN3O5S.C37H47ClN2O4S3/c1-27-9-7-18-40(47,23-37(45)43-19-5-4-6-20-43)34-14-11-31(34)24-44-25-39(17-8-10-29-21-32(41)13-15-33(29)39)26-49-36-16-12-30(22-35(36)44)38(46)42-50(3,48)28(27)2;1-24-7-4-16-37(42,35-45-17-6-18-46-35)31-12-9-28(31)21-40-22-36(15-5-8-26-19-29(38)11-13-30(26)36)23-44-33-14-10-27(20-32(33)40)34(41)39-47(3,43)25(24)2/h7,12-13,15-16,18,21-22,27-28,31,34,47H,3-6,8-11,14,17,19-20,23-26H2,1-2H3,(H,42,46,48);4,10-11,13-14,16,19-20,24-25,28,31,35,42H,3,5-9,12,15,17-18,21-23H2,1-2H3,(H,39,41,43)/b18-7+;16-4+/t27-,28+,31-,34+,39-,40-,50?;24-,25+,28-,31+,36-,37+,47?/m00/s1. The molecule has 3 amide bonds. The van der Waals surface area contributed by atoms with Crippen molar-refractivity contribution in [3.05, 3.63) is 141 Å². The van der Waals surface area contributed by atoms with Gasteiger partial charge in [0.1, 0.15) is 17.1 Å². The lowest BCUT2D eigenvalue weighted by Gasteiger charge is -2.51. The number of anilines is 2. The quantitative estimate of drug-likeness (QED) is 0.113. The van der Waals surface area contributed by atoms with Crippen LogP contribution in [0.3, 0.4) is 0 Å². The van der Waals surface area contributed by atoms with E-state index in [4.69, 9.17) is 32.7 Å². The highest BCUT2D eigenvalue weighted by Crippen LogP contribution is 2.54. The maximum Gasteiger partial charge on any atom is 0.262 e. The van der Waals surface area contributed by atoms with Gasteiger partial charge >= 0.3 is 0 Å². The zero-order valence-electron chi connectivity index (χ0n) is 56.9. The lowest BCUT2D eigenvalue weighted by Crippen LogP contribution is -2.55. The van der Waals surface area contributed by atoms with Crippen LogP contribution < -0.4 is 28.7 Å². The zero-order chi connectivity index (χ0) is 68.2. The summed E-state index contributed by atoms with van der Waals surface area (Å²) in [4.78, 5) is 47.8. The van der Waals surface area contributed by atoms with Crippen molar-refractivity contribution in [2.24, 2.45) is 35.5 Å².